The minimum absolute atomic E-state index is 0.657. The second-order valence-electron chi connectivity index (χ2n) is 3.58. The summed E-state index contributed by atoms with van der Waals surface area (Å²) in [5.74, 6) is 4.35. The Balaban J connectivity index is 2.15. The number of hydrogen-bond donors (Lipinski definition) is 0. The molecule has 2 aliphatic rings. The second-order valence-corrected chi connectivity index (χ2v) is 4.20. The van der Waals surface area contributed by atoms with E-state index in [4.69, 9.17) is 23.2 Å². The lowest BCUT2D eigenvalue weighted by molar-refractivity contribution is 0.373. The predicted molar refractivity (Wildman–Crippen MR) is 49.2 cm³/mol. The van der Waals surface area contributed by atoms with Crippen LogP contribution in [-0.4, -0.2) is 11.8 Å². The van der Waals surface area contributed by atoms with Crippen molar-refractivity contribution in [2.24, 2.45) is 23.7 Å². The molecule has 0 spiro atoms. The van der Waals surface area contributed by atoms with Crippen molar-refractivity contribution in [2.75, 3.05) is 11.8 Å². The van der Waals surface area contributed by atoms with Crippen molar-refractivity contribution in [3.63, 3.8) is 0 Å². The molecule has 4 atom stereocenters. The SMILES string of the molecule is ClCC1C(CCl)[C@H]2C=C[C@@H]1C2. The van der Waals surface area contributed by atoms with Crippen LogP contribution in [0.4, 0.5) is 0 Å². The first-order chi connectivity index (χ1) is 5.36. The van der Waals surface area contributed by atoms with Gasteiger partial charge in [0.05, 0.1) is 0 Å². The standard InChI is InChI=1S/C9H12Cl2/c10-4-8-6-1-2-7(3-6)9(8)5-11/h1-2,6-9H,3-5H2/t6-,7+,8?,9?. The highest BCUT2D eigenvalue weighted by Gasteiger charge is 2.42. The summed E-state index contributed by atoms with van der Waals surface area (Å²) in [6, 6.07) is 0. The monoisotopic (exact) mass is 190 g/mol. The smallest absolute Gasteiger partial charge is 0.0260 e. The lowest BCUT2D eigenvalue weighted by Gasteiger charge is -2.23. The van der Waals surface area contributed by atoms with Crippen molar-refractivity contribution < 1.29 is 0 Å². The summed E-state index contributed by atoms with van der Waals surface area (Å²) in [6.07, 6.45) is 5.94. The molecule has 2 unspecified atom stereocenters. The van der Waals surface area contributed by atoms with E-state index in [-0.39, 0.29) is 0 Å². The molecule has 0 nitrogen and oxygen atoms in total. The molecule has 0 radical (unpaired) electrons. The van der Waals surface area contributed by atoms with E-state index in [1.54, 1.807) is 0 Å². The molecule has 62 valence electrons. The summed E-state index contributed by atoms with van der Waals surface area (Å²) in [6.45, 7) is 0. The molecule has 0 aliphatic heterocycles. The Morgan fingerprint density at radius 2 is 1.45 bits per heavy atom. The third-order valence-electron chi connectivity index (χ3n) is 3.16. The number of rotatable bonds is 2. The maximum atomic E-state index is 5.88. The predicted octanol–water partition coefficient (Wildman–Crippen LogP) is 2.90. The minimum Gasteiger partial charge on any atom is -0.126 e. The van der Waals surface area contributed by atoms with Gasteiger partial charge in [0, 0.05) is 11.8 Å². The van der Waals surface area contributed by atoms with E-state index in [9.17, 15) is 0 Å². The van der Waals surface area contributed by atoms with Crippen molar-refractivity contribution >= 4 is 23.2 Å². The summed E-state index contributed by atoms with van der Waals surface area (Å²) in [4.78, 5) is 0. The highest BCUT2D eigenvalue weighted by molar-refractivity contribution is 6.19. The fraction of sp³-hybridized carbons (Fsp3) is 0.778. The van der Waals surface area contributed by atoms with Crippen molar-refractivity contribution in [1.82, 2.24) is 0 Å². The van der Waals surface area contributed by atoms with Gasteiger partial charge in [0.1, 0.15) is 0 Å². The van der Waals surface area contributed by atoms with E-state index in [1.165, 1.54) is 6.42 Å². The third-order valence-corrected chi connectivity index (χ3v) is 3.87. The van der Waals surface area contributed by atoms with E-state index in [0.29, 0.717) is 11.8 Å². The van der Waals surface area contributed by atoms with Crippen LogP contribution in [0.15, 0.2) is 12.2 Å². The molecule has 0 amide bonds. The van der Waals surface area contributed by atoms with E-state index < -0.39 is 0 Å². The molecule has 0 saturated heterocycles. The zero-order valence-corrected chi connectivity index (χ0v) is 7.85. The number of halogens is 2. The van der Waals surface area contributed by atoms with Crippen LogP contribution in [0.25, 0.3) is 0 Å². The Bertz CT molecular complexity index is 158. The number of allylic oxidation sites excluding steroid dienone is 2. The van der Waals surface area contributed by atoms with Crippen LogP contribution in [0, 0.1) is 23.7 Å². The second kappa shape index (κ2) is 2.99. The van der Waals surface area contributed by atoms with Crippen LogP contribution < -0.4 is 0 Å². The van der Waals surface area contributed by atoms with Gasteiger partial charge < -0.3 is 0 Å². The van der Waals surface area contributed by atoms with Crippen molar-refractivity contribution in [3.05, 3.63) is 12.2 Å². The van der Waals surface area contributed by atoms with Crippen LogP contribution >= 0.6 is 23.2 Å². The first-order valence-corrected chi connectivity index (χ1v) is 5.24. The summed E-state index contributed by atoms with van der Waals surface area (Å²) in [5.41, 5.74) is 0. The number of hydrogen-bond acceptors (Lipinski definition) is 0. The van der Waals surface area contributed by atoms with Gasteiger partial charge in [-0.25, -0.2) is 0 Å². The zero-order valence-electron chi connectivity index (χ0n) is 6.34. The lowest BCUT2D eigenvalue weighted by Crippen LogP contribution is -2.22. The fourth-order valence-corrected chi connectivity index (χ4v) is 3.40. The van der Waals surface area contributed by atoms with Gasteiger partial charge >= 0.3 is 0 Å². The van der Waals surface area contributed by atoms with Gasteiger partial charge in [-0.2, -0.15) is 0 Å². The first kappa shape index (κ1) is 7.94. The van der Waals surface area contributed by atoms with E-state index in [0.717, 1.165) is 23.6 Å². The Morgan fingerprint density at radius 3 is 1.82 bits per heavy atom. The summed E-state index contributed by atoms with van der Waals surface area (Å²) >= 11 is 11.8. The van der Waals surface area contributed by atoms with Gasteiger partial charge in [-0.15, -0.1) is 23.2 Å². The van der Waals surface area contributed by atoms with Gasteiger partial charge in [0.15, 0.2) is 0 Å². The minimum atomic E-state index is 0.657. The molecule has 2 bridgehead atoms. The molecule has 2 heteroatoms. The Labute approximate surface area is 77.6 Å². The maximum absolute atomic E-state index is 5.88. The van der Waals surface area contributed by atoms with Crippen LogP contribution in [-0.2, 0) is 0 Å². The van der Waals surface area contributed by atoms with Crippen LogP contribution in [0.5, 0.6) is 0 Å². The van der Waals surface area contributed by atoms with E-state index in [1.807, 2.05) is 0 Å². The van der Waals surface area contributed by atoms with Gasteiger partial charge in [-0.3, -0.25) is 0 Å². The average Bonchev–Trinajstić information content (AvgIpc) is 2.60. The highest BCUT2D eigenvalue weighted by atomic mass is 35.5. The van der Waals surface area contributed by atoms with Gasteiger partial charge in [0.2, 0.25) is 0 Å². The molecule has 0 aromatic carbocycles. The quantitative estimate of drug-likeness (QED) is 0.465. The maximum Gasteiger partial charge on any atom is 0.0260 e. The Morgan fingerprint density at radius 1 is 1.00 bits per heavy atom. The van der Waals surface area contributed by atoms with Crippen molar-refractivity contribution in [2.45, 2.75) is 6.42 Å². The summed E-state index contributed by atoms with van der Waals surface area (Å²) in [5, 5.41) is 0. The van der Waals surface area contributed by atoms with Gasteiger partial charge in [-0.1, -0.05) is 12.2 Å². The highest BCUT2D eigenvalue weighted by Crippen LogP contribution is 2.48. The van der Waals surface area contributed by atoms with Gasteiger partial charge in [-0.05, 0) is 30.1 Å². The molecule has 0 aromatic heterocycles. The number of alkyl halides is 2. The van der Waals surface area contributed by atoms with Crippen LogP contribution in [0.1, 0.15) is 6.42 Å². The number of fused-ring (bicyclic) bond motifs is 2. The molecule has 1 saturated carbocycles. The zero-order chi connectivity index (χ0) is 7.84. The molecule has 0 aromatic rings. The Kier molecular flexibility index (Phi) is 2.16. The van der Waals surface area contributed by atoms with Crippen LogP contribution in [0.3, 0.4) is 0 Å². The first-order valence-electron chi connectivity index (χ1n) is 4.17. The molecule has 0 N–H and O–H groups in total. The summed E-state index contributed by atoms with van der Waals surface area (Å²) in [7, 11) is 0. The average molecular weight is 191 g/mol. The normalized spacial score (nSPS) is 47.1. The molecule has 2 rings (SSSR count). The van der Waals surface area contributed by atoms with E-state index >= 15 is 0 Å². The molecule has 1 fully saturated rings. The van der Waals surface area contributed by atoms with Crippen LogP contribution in [0.2, 0.25) is 0 Å². The van der Waals surface area contributed by atoms with Crippen molar-refractivity contribution in [1.29, 1.82) is 0 Å². The Hall–Kier alpha value is 0.320. The molecular weight excluding hydrogens is 179 g/mol. The van der Waals surface area contributed by atoms with Gasteiger partial charge in [0.25, 0.3) is 0 Å². The largest absolute Gasteiger partial charge is 0.126 e. The van der Waals surface area contributed by atoms with E-state index in [2.05, 4.69) is 12.2 Å². The van der Waals surface area contributed by atoms with Crippen molar-refractivity contribution in [3.8, 4) is 0 Å². The fourth-order valence-electron chi connectivity index (χ4n) is 2.48. The topological polar surface area (TPSA) is 0 Å². The molecular formula is C9H12Cl2. The lowest BCUT2D eigenvalue weighted by atomic mass is 9.86. The third kappa shape index (κ3) is 1.11. The molecule has 2 aliphatic carbocycles. The molecule has 11 heavy (non-hydrogen) atoms. The molecule has 0 heterocycles. The summed E-state index contributed by atoms with van der Waals surface area (Å²) < 4.78 is 0.